The molecule has 8 nitrogen and oxygen atoms in total. The number of ether oxygens (including phenoxy) is 1. The highest BCUT2D eigenvalue weighted by atomic mass is 19.1. The van der Waals surface area contributed by atoms with Gasteiger partial charge in [0, 0.05) is 23.9 Å². The van der Waals surface area contributed by atoms with E-state index in [0.29, 0.717) is 5.69 Å². The van der Waals surface area contributed by atoms with Gasteiger partial charge < -0.3 is 4.74 Å². The molecule has 3 N–H and O–H groups in total. The van der Waals surface area contributed by atoms with Gasteiger partial charge in [0.15, 0.2) is 0 Å². The predicted octanol–water partition coefficient (Wildman–Crippen LogP) is 1.91. The topological polar surface area (TPSA) is 116 Å². The van der Waals surface area contributed by atoms with E-state index in [1.165, 1.54) is 12.1 Å². The van der Waals surface area contributed by atoms with Crippen LogP contribution >= 0.6 is 0 Å². The highest BCUT2D eigenvalue weighted by Gasteiger charge is 2.15. The molecule has 0 aliphatic rings. The third-order valence-corrected chi connectivity index (χ3v) is 2.30. The Morgan fingerprint density at radius 1 is 1.40 bits per heavy atom. The Balaban J connectivity index is 2.28. The van der Waals surface area contributed by atoms with Crippen LogP contribution in [-0.4, -0.2) is 14.9 Å². The van der Waals surface area contributed by atoms with Gasteiger partial charge in [0.05, 0.1) is 4.92 Å². The number of rotatable bonds is 4. The Hall–Kier alpha value is -2.81. The average Bonchev–Trinajstić information content (AvgIpc) is 2.37. The number of anilines is 1. The molecule has 0 amide bonds. The highest BCUT2D eigenvalue weighted by Crippen LogP contribution is 2.26. The number of aromatic nitrogens is 2. The molecule has 2 rings (SSSR count). The second kappa shape index (κ2) is 5.45. The molecule has 20 heavy (non-hydrogen) atoms. The molecule has 0 aliphatic heterocycles. The fraction of sp³-hybridized carbons (Fsp3) is 0.0909. The van der Waals surface area contributed by atoms with Gasteiger partial charge in [-0.25, -0.2) is 10.8 Å². The van der Waals surface area contributed by atoms with Gasteiger partial charge in [0.2, 0.25) is 17.6 Å². The third-order valence-electron chi connectivity index (χ3n) is 2.30. The minimum atomic E-state index is -0.990. The van der Waals surface area contributed by atoms with Crippen LogP contribution in [0.1, 0.15) is 5.69 Å². The van der Waals surface area contributed by atoms with Gasteiger partial charge in [-0.3, -0.25) is 15.5 Å². The maximum atomic E-state index is 13.4. The number of benzene rings is 1. The number of hydrogen-bond donors (Lipinski definition) is 2. The van der Waals surface area contributed by atoms with Crippen molar-refractivity contribution in [1.29, 1.82) is 0 Å². The molecule has 0 unspecified atom stereocenters. The van der Waals surface area contributed by atoms with Crippen LogP contribution in [0.25, 0.3) is 0 Å². The van der Waals surface area contributed by atoms with Crippen molar-refractivity contribution < 1.29 is 14.1 Å². The van der Waals surface area contributed by atoms with Crippen LogP contribution in [0, 0.1) is 22.9 Å². The van der Waals surface area contributed by atoms with Crippen LogP contribution in [0.3, 0.4) is 0 Å². The summed E-state index contributed by atoms with van der Waals surface area (Å²) in [4.78, 5) is 17.6. The van der Waals surface area contributed by atoms with Gasteiger partial charge in [-0.05, 0) is 13.0 Å². The maximum Gasteiger partial charge on any atom is 0.305 e. The number of nitro benzene ring substituents is 1. The molecule has 1 heterocycles. The van der Waals surface area contributed by atoms with Crippen LogP contribution < -0.4 is 16.0 Å². The van der Waals surface area contributed by atoms with Gasteiger partial charge >= 0.3 is 5.69 Å². The number of nitrogens with one attached hydrogen (secondary N) is 1. The van der Waals surface area contributed by atoms with E-state index in [9.17, 15) is 14.5 Å². The monoisotopic (exact) mass is 279 g/mol. The number of halogens is 1. The summed E-state index contributed by atoms with van der Waals surface area (Å²) in [5.74, 6) is 4.56. The van der Waals surface area contributed by atoms with Gasteiger partial charge in [0.1, 0.15) is 5.75 Å². The van der Waals surface area contributed by atoms with Crippen LogP contribution in [0.2, 0.25) is 0 Å². The number of hydrogen-bond acceptors (Lipinski definition) is 7. The highest BCUT2D eigenvalue weighted by molar-refractivity contribution is 5.40. The molecule has 0 saturated carbocycles. The largest absolute Gasteiger partial charge is 0.439 e. The molecule has 2 aromatic rings. The first-order valence-corrected chi connectivity index (χ1v) is 5.43. The summed E-state index contributed by atoms with van der Waals surface area (Å²) in [7, 11) is 0. The summed E-state index contributed by atoms with van der Waals surface area (Å²) >= 11 is 0. The van der Waals surface area contributed by atoms with Crippen LogP contribution in [0.15, 0.2) is 24.3 Å². The van der Waals surface area contributed by atoms with Gasteiger partial charge in [-0.15, -0.1) is 0 Å². The van der Waals surface area contributed by atoms with Gasteiger partial charge in [-0.2, -0.15) is 9.37 Å². The number of nitro groups is 1. The van der Waals surface area contributed by atoms with Crippen molar-refractivity contribution in [2.24, 2.45) is 5.84 Å². The van der Waals surface area contributed by atoms with Crippen LogP contribution in [0.5, 0.6) is 11.6 Å². The van der Waals surface area contributed by atoms with Crippen molar-refractivity contribution >= 4 is 11.6 Å². The normalized spacial score (nSPS) is 10.2. The van der Waals surface area contributed by atoms with Crippen molar-refractivity contribution in [2.75, 3.05) is 5.43 Å². The Bertz CT molecular complexity index is 665. The molecule has 1 aromatic carbocycles. The van der Waals surface area contributed by atoms with Crippen molar-refractivity contribution in [3.05, 3.63) is 45.9 Å². The molecular formula is C11H10FN5O3. The summed E-state index contributed by atoms with van der Waals surface area (Å²) < 4.78 is 18.7. The van der Waals surface area contributed by atoms with Crippen molar-refractivity contribution in [2.45, 2.75) is 6.92 Å². The van der Waals surface area contributed by atoms with Crippen molar-refractivity contribution in [3.63, 3.8) is 0 Å². The van der Waals surface area contributed by atoms with E-state index in [1.54, 1.807) is 6.92 Å². The molecule has 0 bridgehead atoms. The average molecular weight is 279 g/mol. The van der Waals surface area contributed by atoms with Crippen molar-refractivity contribution in [1.82, 2.24) is 9.97 Å². The van der Waals surface area contributed by atoms with E-state index in [0.717, 1.165) is 12.1 Å². The summed E-state index contributed by atoms with van der Waals surface area (Å²) in [6.07, 6.45) is 0. The molecule has 0 spiro atoms. The zero-order valence-electron chi connectivity index (χ0n) is 10.3. The zero-order chi connectivity index (χ0) is 14.7. The lowest BCUT2D eigenvalue weighted by Crippen LogP contribution is -2.11. The number of hydrazine groups is 1. The summed E-state index contributed by atoms with van der Waals surface area (Å²) in [5.41, 5.74) is 2.23. The Morgan fingerprint density at radius 3 is 2.75 bits per heavy atom. The lowest BCUT2D eigenvalue weighted by molar-refractivity contribution is -0.387. The minimum Gasteiger partial charge on any atom is -0.439 e. The zero-order valence-corrected chi connectivity index (χ0v) is 10.3. The molecular weight excluding hydrogens is 269 g/mol. The van der Waals surface area contributed by atoms with Gasteiger partial charge in [-0.1, -0.05) is 0 Å². The molecule has 1 aromatic heterocycles. The van der Waals surface area contributed by atoms with E-state index in [2.05, 4.69) is 15.4 Å². The molecule has 0 saturated heterocycles. The Labute approximate surface area is 112 Å². The maximum absolute atomic E-state index is 13.4. The lowest BCUT2D eigenvalue weighted by atomic mass is 10.3. The molecule has 0 atom stereocenters. The Morgan fingerprint density at radius 2 is 2.15 bits per heavy atom. The van der Waals surface area contributed by atoms with E-state index < -0.39 is 16.4 Å². The summed E-state index contributed by atoms with van der Waals surface area (Å²) in [5, 5.41) is 10.5. The first-order chi connectivity index (χ1) is 9.49. The van der Waals surface area contributed by atoms with Crippen molar-refractivity contribution in [3.8, 4) is 11.6 Å². The number of nitrogens with two attached hydrogens (primary N) is 1. The SMILES string of the molecule is Cc1cc(Oc2ccc([N+](=O)[O-])c(F)c2)nc(NN)n1. The van der Waals surface area contributed by atoms with E-state index in [-0.39, 0.29) is 17.6 Å². The summed E-state index contributed by atoms with van der Waals surface area (Å²) in [6.45, 7) is 1.70. The molecule has 0 fully saturated rings. The van der Waals surface area contributed by atoms with E-state index in [4.69, 9.17) is 10.6 Å². The molecule has 0 aliphatic carbocycles. The minimum absolute atomic E-state index is 0.0779. The lowest BCUT2D eigenvalue weighted by Gasteiger charge is -2.07. The fourth-order valence-corrected chi connectivity index (χ4v) is 1.48. The summed E-state index contributed by atoms with van der Waals surface area (Å²) in [6, 6.07) is 4.71. The number of aryl methyl sites for hydroxylation is 1. The van der Waals surface area contributed by atoms with E-state index >= 15 is 0 Å². The number of nitrogens with zero attached hydrogens (tertiary/aromatic N) is 3. The Kier molecular flexibility index (Phi) is 3.71. The standard InChI is InChI=1S/C11H10FN5O3/c1-6-4-10(15-11(14-6)16-13)20-7-2-3-9(17(18)19)8(12)5-7/h2-5H,13H2,1H3,(H,14,15,16). The fourth-order valence-electron chi connectivity index (χ4n) is 1.48. The molecule has 0 radical (unpaired) electrons. The molecule has 104 valence electrons. The quantitative estimate of drug-likeness (QED) is 0.498. The van der Waals surface area contributed by atoms with Crippen LogP contribution in [0.4, 0.5) is 16.0 Å². The van der Waals surface area contributed by atoms with E-state index in [1.807, 2.05) is 0 Å². The number of nitrogen functional groups attached to an aromatic ring is 1. The third kappa shape index (κ3) is 2.95. The van der Waals surface area contributed by atoms with Crippen LogP contribution in [-0.2, 0) is 0 Å². The second-order valence-corrected chi connectivity index (χ2v) is 3.79. The first-order valence-electron chi connectivity index (χ1n) is 5.43. The molecule has 9 heteroatoms. The predicted molar refractivity (Wildman–Crippen MR) is 67.7 cm³/mol. The van der Waals surface area contributed by atoms with Gasteiger partial charge in [0.25, 0.3) is 0 Å². The smallest absolute Gasteiger partial charge is 0.305 e. The second-order valence-electron chi connectivity index (χ2n) is 3.79. The first kappa shape index (κ1) is 13.6.